The molecule has 140 valence electrons. The summed E-state index contributed by atoms with van der Waals surface area (Å²) >= 11 is 0. The van der Waals surface area contributed by atoms with Crippen LogP contribution in [0.3, 0.4) is 0 Å². The molecule has 0 aliphatic rings. The highest BCUT2D eigenvalue weighted by atomic mass is 16.5. The first-order valence-electron chi connectivity index (χ1n) is 8.69. The largest absolute Gasteiger partial charge is 0.438 e. The van der Waals surface area contributed by atoms with Gasteiger partial charge in [0.1, 0.15) is 28.6 Å². The predicted molar refractivity (Wildman–Crippen MR) is 105 cm³/mol. The molecule has 0 atom stereocenters. The molecule has 0 aliphatic carbocycles. The maximum absolute atomic E-state index is 13.0. The predicted octanol–water partition coefficient (Wildman–Crippen LogP) is 2.84. The molecule has 0 saturated heterocycles. The van der Waals surface area contributed by atoms with Gasteiger partial charge in [0.05, 0.1) is 0 Å². The van der Waals surface area contributed by atoms with Crippen molar-refractivity contribution in [2.45, 2.75) is 13.8 Å². The minimum absolute atomic E-state index is 0.0213. The highest BCUT2D eigenvalue weighted by molar-refractivity contribution is 6.01. The van der Waals surface area contributed by atoms with Crippen LogP contribution in [-0.4, -0.2) is 21.8 Å². The van der Waals surface area contributed by atoms with Crippen LogP contribution in [0.1, 0.15) is 18.1 Å². The number of nitriles is 1. The van der Waals surface area contributed by atoms with Gasteiger partial charge in [-0.05, 0) is 49.8 Å². The maximum atomic E-state index is 13.0. The van der Waals surface area contributed by atoms with Crippen LogP contribution in [0.4, 0.5) is 0 Å². The van der Waals surface area contributed by atoms with Gasteiger partial charge >= 0.3 is 0 Å². The third-order valence-electron chi connectivity index (χ3n) is 3.93. The number of amides is 1. The van der Waals surface area contributed by atoms with Crippen LogP contribution in [0.2, 0.25) is 0 Å². The molecule has 0 unspecified atom stereocenters. The van der Waals surface area contributed by atoms with Crippen LogP contribution >= 0.6 is 0 Å². The Bertz CT molecular complexity index is 1170. The molecule has 0 spiro atoms. The van der Waals surface area contributed by atoms with E-state index in [1.165, 1.54) is 10.5 Å². The van der Waals surface area contributed by atoms with Crippen molar-refractivity contribution in [3.8, 4) is 17.7 Å². The van der Waals surface area contributed by atoms with Crippen LogP contribution in [0.5, 0.6) is 11.6 Å². The molecule has 3 rings (SSSR count). The number of rotatable bonds is 5. The van der Waals surface area contributed by atoms with Gasteiger partial charge in [0.25, 0.3) is 11.5 Å². The quantitative estimate of drug-likeness (QED) is 0.547. The molecule has 0 saturated carbocycles. The van der Waals surface area contributed by atoms with E-state index < -0.39 is 11.5 Å². The van der Waals surface area contributed by atoms with E-state index in [2.05, 4.69) is 10.3 Å². The highest BCUT2D eigenvalue weighted by Crippen LogP contribution is 2.24. The van der Waals surface area contributed by atoms with Crippen LogP contribution in [0.15, 0.2) is 59.0 Å². The SMILES string of the molecule is CCNC(=O)/C(C#N)=C/c1c(Oc2cccc(C)c2)nc2ccccn2c1=O. The number of nitrogens with zero attached hydrogens (tertiary/aromatic N) is 3. The Morgan fingerprint density at radius 1 is 1.32 bits per heavy atom. The van der Waals surface area contributed by atoms with Crippen molar-refractivity contribution in [3.63, 3.8) is 0 Å². The minimum atomic E-state index is -0.566. The van der Waals surface area contributed by atoms with Crippen molar-refractivity contribution in [1.82, 2.24) is 14.7 Å². The first-order valence-corrected chi connectivity index (χ1v) is 8.69. The molecule has 0 radical (unpaired) electrons. The zero-order chi connectivity index (χ0) is 20.1. The fraction of sp³-hybridized carbons (Fsp3) is 0.143. The number of hydrogen-bond acceptors (Lipinski definition) is 5. The normalized spacial score (nSPS) is 11.1. The fourth-order valence-electron chi connectivity index (χ4n) is 2.62. The summed E-state index contributed by atoms with van der Waals surface area (Å²) in [5.74, 6) is -0.0405. The molecule has 0 fully saturated rings. The summed E-state index contributed by atoms with van der Waals surface area (Å²) in [5.41, 5.74) is 0.750. The summed E-state index contributed by atoms with van der Waals surface area (Å²) in [4.78, 5) is 29.5. The van der Waals surface area contributed by atoms with E-state index in [0.29, 0.717) is 17.9 Å². The lowest BCUT2D eigenvalue weighted by Crippen LogP contribution is -2.25. The summed E-state index contributed by atoms with van der Waals surface area (Å²) in [5, 5.41) is 11.9. The summed E-state index contributed by atoms with van der Waals surface area (Å²) in [6, 6.07) is 14.2. The van der Waals surface area contributed by atoms with E-state index >= 15 is 0 Å². The van der Waals surface area contributed by atoms with Gasteiger partial charge in [0.15, 0.2) is 0 Å². The molecule has 28 heavy (non-hydrogen) atoms. The molecular formula is C21H18N4O3. The van der Waals surface area contributed by atoms with E-state index in [9.17, 15) is 14.9 Å². The molecular weight excluding hydrogens is 356 g/mol. The molecule has 0 aliphatic heterocycles. The maximum Gasteiger partial charge on any atom is 0.269 e. The Balaban J connectivity index is 2.21. The lowest BCUT2D eigenvalue weighted by atomic mass is 10.1. The lowest BCUT2D eigenvalue weighted by Gasteiger charge is -2.10. The average molecular weight is 374 g/mol. The van der Waals surface area contributed by atoms with Gasteiger partial charge in [0, 0.05) is 12.7 Å². The Kier molecular flexibility index (Phi) is 5.51. The van der Waals surface area contributed by atoms with E-state index in [0.717, 1.165) is 5.56 Å². The highest BCUT2D eigenvalue weighted by Gasteiger charge is 2.17. The number of benzene rings is 1. The summed E-state index contributed by atoms with van der Waals surface area (Å²) < 4.78 is 7.19. The minimum Gasteiger partial charge on any atom is -0.438 e. The van der Waals surface area contributed by atoms with Crippen molar-refractivity contribution in [3.05, 3.63) is 75.7 Å². The lowest BCUT2D eigenvalue weighted by molar-refractivity contribution is -0.116. The first kappa shape index (κ1) is 18.9. The van der Waals surface area contributed by atoms with E-state index in [-0.39, 0.29) is 17.0 Å². The number of carbonyl (C=O) groups excluding carboxylic acids is 1. The summed E-state index contributed by atoms with van der Waals surface area (Å²) in [6.45, 7) is 4.02. The first-order chi connectivity index (χ1) is 13.5. The molecule has 2 heterocycles. The number of aromatic nitrogens is 2. The zero-order valence-electron chi connectivity index (χ0n) is 15.5. The number of aryl methyl sites for hydroxylation is 1. The second kappa shape index (κ2) is 8.18. The molecule has 7 nitrogen and oxygen atoms in total. The van der Waals surface area contributed by atoms with Crippen molar-refractivity contribution in [2.75, 3.05) is 6.54 Å². The van der Waals surface area contributed by atoms with E-state index in [1.54, 1.807) is 43.5 Å². The van der Waals surface area contributed by atoms with Gasteiger partial charge in [-0.1, -0.05) is 18.2 Å². The van der Waals surface area contributed by atoms with Crippen LogP contribution in [0, 0.1) is 18.3 Å². The molecule has 2 aromatic heterocycles. The number of nitrogens with one attached hydrogen (secondary N) is 1. The van der Waals surface area contributed by atoms with E-state index in [1.807, 2.05) is 25.1 Å². The molecule has 0 bridgehead atoms. The van der Waals surface area contributed by atoms with E-state index in [4.69, 9.17) is 4.74 Å². The monoisotopic (exact) mass is 374 g/mol. The van der Waals surface area contributed by atoms with Crippen molar-refractivity contribution in [2.24, 2.45) is 0 Å². The second-order valence-corrected chi connectivity index (χ2v) is 6.01. The smallest absolute Gasteiger partial charge is 0.269 e. The summed E-state index contributed by atoms with van der Waals surface area (Å²) in [7, 11) is 0. The number of ether oxygens (including phenoxy) is 1. The molecule has 1 amide bonds. The zero-order valence-corrected chi connectivity index (χ0v) is 15.5. The van der Waals surface area contributed by atoms with Gasteiger partial charge in [0.2, 0.25) is 5.88 Å². The van der Waals surface area contributed by atoms with Crippen molar-refractivity contribution >= 4 is 17.6 Å². The third kappa shape index (κ3) is 3.91. The van der Waals surface area contributed by atoms with Crippen molar-refractivity contribution in [1.29, 1.82) is 5.26 Å². The Labute approximate surface area is 161 Å². The van der Waals surface area contributed by atoms with Crippen LogP contribution < -0.4 is 15.6 Å². The Morgan fingerprint density at radius 3 is 2.86 bits per heavy atom. The molecule has 7 heteroatoms. The second-order valence-electron chi connectivity index (χ2n) is 6.01. The number of fused-ring (bicyclic) bond motifs is 1. The van der Waals surface area contributed by atoms with Gasteiger partial charge in [-0.2, -0.15) is 10.2 Å². The molecule has 1 N–H and O–H groups in total. The van der Waals surface area contributed by atoms with Crippen LogP contribution in [-0.2, 0) is 4.79 Å². The van der Waals surface area contributed by atoms with Gasteiger partial charge < -0.3 is 10.1 Å². The topological polar surface area (TPSA) is 96.5 Å². The molecule has 3 aromatic rings. The standard InChI is InChI=1S/C21H18N4O3/c1-3-23-19(26)15(13-22)12-17-20(28-16-8-6-7-14(2)11-16)24-18-9-4-5-10-25(18)21(17)27/h4-12H,3H2,1-2H3,(H,23,26)/b15-12+. The number of pyridine rings is 1. The van der Waals surface area contributed by atoms with Crippen LogP contribution in [0.25, 0.3) is 11.7 Å². The average Bonchev–Trinajstić information content (AvgIpc) is 2.68. The van der Waals surface area contributed by atoms with Gasteiger partial charge in [-0.25, -0.2) is 0 Å². The number of carbonyl (C=O) groups is 1. The van der Waals surface area contributed by atoms with Gasteiger partial charge in [-0.15, -0.1) is 0 Å². The third-order valence-corrected chi connectivity index (χ3v) is 3.93. The summed E-state index contributed by atoms with van der Waals surface area (Å²) in [6.07, 6.45) is 2.78. The van der Waals surface area contributed by atoms with Crippen molar-refractivity contribution < 1.29 is 9.53 Å². The molecule has 1 aromatic carbocycles. The Hall–Kier alpha value is -3.92. The number of likely N-dealkylation sites (N-methyl/N-ethyl adjacent to an activating group) is 1. The number of hydrogen-bond donors (Lipinski definition) is 1. The Morgan fingerprint density at radius 2 is 2.14 bits per heavy atom. The van der Waals surface area contributed by atoms with Gasteiger partial charge in [-0.3, -0.25) is 14.0 Å². The fourth-order valence-corrected chi connectivity index (χ4v) is 2.62.